The molecule has 0 radical (unpaired) electrons. The van der Waals surface area contributed by atoms with Crippen LogP contribution in [0.1, 0.15) is 27.7 Å². The third-order valence-corrected chi connectivity index (χ3v) is 4.91. The van der Waals surface area contributed by atoms with Gasteiger partial charge < -0.3 is 23.9 Å². The number of rotatable bonds is 4. The van der Waals surface area contributed by atoms with E-state index < -0.39 is 11.9 Å². The number of carbonyl (C=O) groups excluding carboxylic acids is 1. The molecule has 7 nitrogen and oxygen atoms in total. The maximum absolute atomic E-state index is 13.1. The fourth-order valence-electron chi connectivity index (χ4n) is 3.40. The minimum absolute atomic E-state index is 0.0152. The summed E-state index contributed by atoms with van der Waals surface area (Å²) < 4.78 is 21.8. The van der Waals surface area contributed by atoms with E-state index >= 15 is 0 Å². The Balaban J connectivity index is 1.96. The zero-order chi connectivity index (χ0) is 20.0. The predicted octanol–water partition coefficient (Wildman–Crippen LogP) is 3.31. The number of methoxy groups -OCH3 is 3. The predicted molar refractivity (Wildman–Crippen MR) is 103 cm³/mol. The highest BCUT2D eigenvalue weighted by molar-refractivity contribution is 6.31. The monoisotopic (exact) mass is 401 g/mol. The van der Waals surface area contributed by atoms with E-state index in [2.05, 4.69) is 5.32 Å². The SMILES string of the molecule is COc1cc(C2NC(=O)c3oc4ccc(Cl)cc4c(=O)c32)cc(OC)c1OC. The van der Waals surface area contributed by atoms with Crippen molar-refractivity contribution in [3.05, 3.63) is 62.5 Å². The van der Waals surface area contributed by atoms with E-state index in [0.717, 1.165) is 0 Å². The van der Waals surface area contributed by atoms with Crippen LogP contribution in [0.2, 0.25) is 5.02 Å². The second-order valence-electron chi connectivity index (χ2n) is 6.18. The summed E-state index contributed by atoms with van der Waals surface area (Å²) in [6.45, 7) is 0. The van der Waals surface area contributed by atoms with Crippen LogP contribution >= 0.6 is 11.6 Å². The lowest BCUT2D eigenvalue weighted by molar-refractivity contribution is 0.0937. The Morgan fingerprint density at radius 1 is 1.00 bits per heavy atom. The molecular formula is C20H16ClNO6. The molecule has 144 valence electrons. The maximum atomic E-state index is 13.1. The number of fused-ring (bicyclic) bond motifs is 2. The average Bonchev–Trinajstić information content (AvgIpc) is 3.04. The van der Waals surface area contributed by atoms with Gasteiger partial charge in [0.25, 0.3) is 5.91 Å². The topological polar surface area (TPSA) is 87.0 Å². The Bertz CT molecular complexity index is 1140. The van der Waals surface area contributed by atoms with Crippen molar-refractivity contribution in [3.63, 3.8) is 0 Å². The number of hydrogen-bond acceptors (Lipinski definition) is 6. The number of carbonyl (C=O) groups is 1. The van der Waals surface area contributed by atoms with Crippen molar-refractivity contribution >= 4 is 28.5 Å². The van der Waals surface area contributed by atoms with E-state index in [9.17, 15) is 9.59 Å². The molecule has 1 aromatic heterocycles. The minimum atomic E-state index is -0.726. The zero-order valence-corrected chi connectivity index (χ0v) is 16.0. The van der Waals surface area contributed by atoms with E-state index in [4.69, 9.17) is 30.2 Å². The summed E-state index contributed by atoms with van der Waals surface area (Å²) in [7, 11) is 4.48. The first-order valence-corrected chi connectivity index (χ1v) is 8.73. The Morgan fingerprint density at radius 2 is 1.68 bits per heavy atom. The van der Waals surface area contributed by atoms with Crippen LogP contribution in [0.25, 0.3) is 11.0 Å². The smallest absolute Gasteiger partial charge is 0.288 e. The van der Waals surface area contributed by atoms with Gasteiger partial charge >= 0.3 is 0 Å². The first kappa shape index (κ1) is 18.2. The molecule has 3 aromatic rings. The van der Waals surface area contributed by atoms with Gasteiger partial charge in [0.15, 0.2) is 16.9 Å². The number of nitrogens with one attached hydrogen (secondary N) is 1. The van der Waals surface area contributed by atoms with Crippen molar-refractivity contribution in [2.75, 3.05) is 21.3 Å². The van der Waals surface area contributed by atoms with Crippen LogP contribution in [0.5, 0.6) is 17.2 Å². The van der Waals surface area contributed by atoms with Gasteiger partial charge in [-0.3, -0.25) is 9.59 Å². The van der Waals surface area contributed by atoms with Crippen molar-refractivity contribution in [1.82, 2.24) is 5.32 Å². The van der Waals surface area contributed by atoms with Gasteiger partial charge in [0.2, 0.25) is 11.5 Å². The fraction of sp³-hybridized carbons (Fsp3) is 0.200. The van der Waals surface area contributed by atoms with Crippen LogP contribution in [0.4, 0.5) is 0 Å². The van der Waals surface area contributed by atoms with Gasteiger partial charge in [-0.1, -0.05) is 11.6 Å². The molecule has 0 bridgehead atoms. The van der Waals surface area contributed by atoms with Gasteiger partial charge in [-0.15, -0.1) is 0 Å². The number of benzene rings is 2. The third-order valence-electron chi connectivity index (χ3n) is 4.68. The van der Waals surface area contributed by atoms with Gasteiger partial charge in [0.1, 0.15) is 5.58 Å². The molecule has 1 unspecified atom stereocenters. The summed E-state index contributed by atoms with van der Waals surface area (Å²) in [5, 5.41) is 3.50. The van der Waals surface area contributed by atoms with Crippen molar-refractivity contribution in [2.24, 2.45) is 0 Å². The lowest BCUT2D eigenvalue weighted by atomic mass is 9.98. The summed E-state index contributed by atoms with van der Waals surface area (Å²) in [5.74, 6) is 0.748. The standard InChI is InChI=1S/C20H16ClNO6/c1-25-13-6-9(7-14(26-2)18(13)27-3)16-15-17(23)11-8-10(21)4-5-12(11)28-19(15)20(24)22-16/h4-8,16H,1-3H3,(H,22,24). The summed E-state index contributed by atoms with van der Waals surface area (Å²) in [6, 6.07) is 7.34. The number of amides is 1. The van der Waals surface area contributed by atoms with Gasteiger partial charge in [0, 0.05) is 5.02 Å². The molecule has 0 saturated heterocycles. The Hall–Kier alpha value is -3.19. The number of hydrogen-bond donors (Lipinski definition) is 1. The molecule has 2 aromatic carbocycles. The second kappa shape index (κ2) is 6.76. The van der Waals surface area contributed by atoms with Crippen LogP contribution in [0.3, 0.4) is 0 Å². The Morgan fingerprint density at radius 3 is 2.29 bits per heavy atom. The van der Waals surface area contributed by atoms with E-state index in [-0.39, 0.29) is 16.8 Å². The maximum Gasteiger partial charge on any atom is 0.288 e. The van der Waals surface area contributed by atoms with Crippen LogP contribution in [-0.2, 0) is 0 Å². The van der Waals surface area contributed by atoms with E-state index in [1.807, 2.05) is 0 Å². The van der Waals surface area contributed by atoms with Crippen molar-refractivity contribution in [3.8, 4) is 17.2 Å². The summed E-state index contributed by atoms with van der Waals surface area (Å²) in [5.41, 5.74) is 0.786. The highest BCUT2D eigenvalue weighted by Gasteiger charge is 2.37. The minimum Gasteiger partial charge on any atom is -0.493 e. The first-order chi connectivity index (χ1) is 13.5. The molecule has 1 aliphatic rings. The lowest BCUT2D eigenvalue weighted by Crippen LogP contribution is -2.22. The fourth-order valence-corrected chi connectivity index (χ4v) is 3.57. The highest BCUT2D eigenvalue weighted by Crippen LogP contribution is 2.42. The molecule has 1 N–H and O–H groups in total. The lowest BCUT2D eigenvalue weighted by Gasteiger charge is -2.17. The highest BCUT2D eigenvalue weighted by atomic mass is 35.5. The molecule has 1 atom stereocenters. The van der Waals surface area contributed by atoms with Crippen LogP contribution in [0.15, 0.2) is 39.5 Å². The number of halogens is 1. The van der Waals surface area contributed by atoms with Crippen molar-refractivity contribution < 1.29 is 23.4 Å². The molecule has 2 heterocycles. The Labute approximate surface area is 164 Å². The van der Waals surface area contributed by atoms with E-state index in [1.54, 1.807) is 24.3 Å². The molecule has 1 amide bonds. The van der Waals surface area contributed by atoms with Crippen LogP contribution < -0.4 is 25.0 Å². The molecule has 4 rings (SSSR count). The molecule has 0 aliphatic carbocycles. The van der Waals surface area contributed by atoms with E-state index in [0.29, 0.717) is 38.8 Å². The van der Waals surface area contributed by atoms with Crippen molar-refractivity contribution in [1.29, 1.82) is 0 Å². The van der Waals surface area contributed by atoms with Crippen LogP contribution in [-0.4, -0.2) is 27.2 Å². The van der Waals surface area contributed by atoms with Gasteiger partial charge in [-0.05, 0) is 35.9 Å². The molecule has 0 saturated carbocycles. The van der Waals surface area contributed by atoms with Gasteiger partial charge in [-0.2, -0.15) is 0 Å². The molecule has 28 heavy (non-hydrogen) atoms. The first-order valence-electron chi connectivity index (χ1n) is 8.35. The largest absolute Gasteiger partial charge is 0.493 e. The summed E-state index contributed by atoms with van der Waals surface area (Å²) in [4.78, 5) is 25.6. The molecule has 8 heteroatoms. The summed E-state index contributed by atoms with van der Waals surface area (Å²) >= 11 is 6.03. The quantitative estimate of drug-likeness (QED) is 0.721. The van der Waals surface area contributed by atoms with E-state index in [1.165, 1.54) is 27.4 Å². The number of ether oxygens (including phenoxy) is 3. The van der Waals surface area contributed by atoms with Gasteiger partial charge in [-0.25, -0.2) is 0 Å². The van der Waals surface area contributed by atoms with Gasteiger partial charge in [0.05, 0.1) is 38.3 Å². The zero-order valence-electron chi connectivity index (χ0n) is 15.3. The van der Waals surface area contributed by atoms with Crippen molar-refractivity contribution in [2.45, 2.75) is 6.04 Å². The molecule has 0 fully saturated rings. The summed E-state index contributed by atoms with van der Waals surface area (Å²) in [6.07, 6.45) is 0. The third kappa shape index (κ3) is 2.66. The normalized spacial score (nSPS) is 15.3. The molecule has 0 spiro atoms. The molecular weight excluding hydrogens is 386 g/mol. The second-order valence-corrected chi connectivity index (χ2v) is 6.62. The molecule has 1 aliphatic heterocycles. The van der Waals surface area contributed by atoms with Crippen LogP contribution in [0, 0.1) is 0 Å². The Kier molecular flexibility index (Phi) is 4.39. The average molecular weight is 402 g/mol.